The molecule has 1 aromatic heterocycles. The van der Waals surface area contributed by atoms with E-state index < -0.39 is 23.6 Å². The van der Waals surface area contributed by atoms with E-state index in [2.05, 4.69) is 15.9 Å². The number of esters is 1. The molecule has 0 aliphatic rings. The highest BCUT2D eigenvalue weighted by Gasteiger charge is 2.27. The van der Waals surface area contributed by atoms with Gasteiger partial charge in [0.2, 0.25) is 12.3 Å². The van der Waals surface area contributed by atoms with Gasteiger partial charge in [0.05, 0.1) is 24.2 Å². The summed E-state index contributed by atoms with van der Waals surface area (Å²) in [6.45, 7) is 3.51. The van der Waals surface area contributed by atoms with E-state index in [9.17, 15) is 19.2 Å². The first-order valence-corrected chi connectivity index (χ1v) is 11.1. The Hall–Kier alpha value is -3.40. The summed E-state index contributed by atoms with van der Waals surface area (Å²) in [6.07, 6.45) is 0.616. The molecule has 0 bridgehead atoms. The van der Waals surface area contributed by atoms with Gasteiger partial charge in [0, 0.05) is 11.0 Å². The summed E-state index contributed by atoms with van der Waals surface area (Å²) in [5.41, 5.74) is 7.72. The lowest BCUT2D eigenvalue weighted by atomic mass is 10.1. The number of ether oxygens (including phenoxy) is 1. The summed E-state index contributed by atoms with van der Waals surface area (Å²) >= 11 is 3.39. The molecule has 0 spiro atoms. The van der Waals surface area contributed by atoms with Gasteiger partial charge in [0.1, 0.15) is 12.6 Å². The van der Waals surface area contributed by atoms with E-state index in [4.69, 9.17) is 10.5 Å². The molecule has 2 N–H and O–H groups in total. The molecule has 174 valence electrons. The van der Waals surface area contributed by atoms with Crippen molar-refractivity contribution in [1.82, 2.24) is 14.0 Å². The van der Waals surface area contributed by atoms with Crippen molar-refractivity contribution in [3.63, 3.8) is 0 Å². The number of carbonyl (C=O) groups excluding carboxylic acids is 3. The fraction of sp³-hybridized carbons (Fsp3) is 0.304. The summed E-state index contributed by atoms with van der Waals surface area (Å²) in [4.78, 5) is 51.1. The Bertz CT molecular complexity index is 1250. The van der Waals surface area contributed by atoms with Gasteiger partial charge in [-0.1, -0.05) is 34.1 Å². The lowest BCUT2D eigenvalue weighted by molar-refractivity contribution is -0.143. The van der Waals surface area contributed by atoms with Crippen LogP contribution in [0, 0.1) is 6.92 Å². The normalized spacial score (nSPS) is 11.8. The number of carbonyl (C=O) groups is 3. The number of hydrogen-bond acceptors (Lipinski definition) is 5. The minimum atomic E-state index is -1.14. The molecule has 9 nitrogen and oxygen atoms in total. The van der Waals surface area contributed by atoms with Crippen LogP contribution in [0.15, 0.2) is 51.7 Å². The van der Waals surface area contributed by atoms with Crippen LogP contribution in [0.5, 0.6) is 0 Å². The Morgan fingerprint density at radius 1 is 1.21 bits per heavy atom. The van der Waals surface area contributed by atoms with Crippen molar-refractivity contribution in [2.24, 2.45) is 5.73 Å². The Balaban J connectivity index is 2.04. The molecule has 0 aliphatic heterocycles. The summed E-state index contributed by atoms with van der Waals surface area (Å²) in [6, 6.07) is 11.5. The minimum Gasteiger partial charge on any atom is -0.465 e. The summed E-state index contributed by atoms with van der Waals surface area (Å²) in [5, 5.41) is 0. The van der Waals surface area contributed by atoms with Gasteiger partial charge >= 0.3 is 11.7 Å². The topological polar surface area (TPSA) is 117 Å². The largest absolute Gasteiger partial charge is 0.465 e. The molecule has 33 heavy (non-hydrogen) atoms. The minimum absolute atomic E-state index is 0.113. The van der Waals surface area contributed by atoms with Crippen molar-refractivity contribution in [3.05, 3.63) is 68.5 Å². The number of aryl methyl sites for hydroxylation is 1. The van der Waals surface area contributed by atoms with E-state index in [0.717, 1.165) is 15.6 Å². The maximum Gasteiger partial charge on any atom is 0.330 e. The molecular formula is C23H25BrN4O5. The number of primary amides is 1. The number of imidazole rings is 1. The first-order chi connectivity index (χ1) is 15.7. The second kappa shape index (κ2) is 10.5. The Labute approximate surface area is 198 Å². The van der Waals surface area contributed by atoms with Crippen molar-refractivity contribution in [1.29, 1.82) is 0 Å². The summed E-state index contributed by atoms with van der Waals surface area (Å²) in [7, 11) is 0. The zero-order valence-electron chi connectivity index (χ0n) is 18.4. The highest BCUT2D eigenvalue weighted by atomic mass is 79.9. The molecule has 3 aromatic rings. The Kier molecular flexibility index (Phi) is 7.70. The van der Waals surface area contributed by atoms with Crippen LogP contribution in [0.3, 0.4) is 0 Å². The molecule has 2 amide bonds. The van der Waals surface area contributed by atoms with Gasteiger partial charge in [0.15, 0.2) is 0 Å². The number of benzene rings is 2. The number of hydrogen-bond donors (Lipinski definition) is 1. The lowest BCUT2D eigenvalue weighted by Gasteiger charge is -2.23. The molecule has 1 unspecified atom stereocenters. The zero-order chi connectivity index (χ0) is 24.1. The van der Waals surface area contributed by atoms with Gasteiger partial charge in [-0.3, -0.25) is 23.5 Å². The van der Waals surface area contributed by atoms with E-state index in [1.807, 2.05) is 31.2 Å². The SMILES string of the molecule is CCOC(=O)Cn1c(=O)n(C(CN(C=O)Cc2cccc(Br)c2)C(N)=O)c2cc(C)ccc21. The van der Waals surface area contributed by atoms with Crippen LogP contribution in [-0.4, -0.2) is 45.5 Å². The number of halogens is 1. The Morgan fingerprint density at radius 3 is 2.61 bits per heavy atom. The third-order valence-electron chi connectivity index (χ3n) is 5.18. The van der Waals surface area contributed by atoms with Crippen LogP contribution in [0.4, 0.5) is 0 Å². The molecule has 1 atom stereocenters. The second-order valence-corrected chi connectivity index (χ2v) is 8.53. The summed E-state index contributed by atoms with van der Waals surface area (Å²) in [5.74, 6) is -1.34. The summed E-state index contributed by atoms with van der Waals surface area (Å²) < 4.78 is 8.35. The van der Waals surface area contributed by atoms with E-state index in [1.54, 1.807) is 25.1 Å². The van der Waals surface area contributed by atoms with Crippen molar-refractivity contribution < 1.29 is 19.1 Å². The molecule has 10 heteroatoms. The predicted octanol–water partition coefficient (Wildman–Crippen LogP) is 2.12. The van der Waals surface area contributed by atoms with Crippen molar-refractivity contribution in [3.8, 4) is 0 Å². The van der Waals surface area contributed by atoms with E-state index in [0.29, 0.717) is 17.4 Å². The smallest absolute Gasteiger partial charge is 0.330 e. The van der Waals surface area contributed by atoms with Crippen molar-refractivity contribution >= 4 is 45.2 Å². The second-order valence-electron chi connectivity index (χ2n) is 7.62. The van der Waals surface area contributed by atoms with Crippen molar-refractivity contribution in [2.45, 2.75) is 33.0 Å². The van der Waals surface area contributed by atoms with Gasteiger partial charge < -0.3 is 15.4 Å². The predicted molar refractivity (Wildman–Crippen MR) is 126 cm³/mol. The van der Waals surface area contributed by atoms with Crippen LogP contribution < -0.4 is 11.4 Å². The molecule has 2 aromatic carbocycles. The number of rotatable bonds is 10. The molecule has 0 saturated heterocycles. The molecular weight excluding hydrogens is 492 g/mol. The number of amides is 2. The molecule has 0 radical (unpaired) electrons. The number of fused-ring (bicyclic) bond motifs is 1. The maximum absolute atomic E-state index is 13.4. The molecule has 0 aliphatic carbocycles. The first-order valence-electron chi connectivity index (χ1n) is 10.3. The van der Waals surface area contributed by atoms with Gasteiger partial charge in [-0.25, -0.2) is 4.79 Å². The molecule has 1 heterocycles. The third-order valence-corrected chi connectivity index (χ3v) is 5.68. The van der Waals surface area contributed by atoms with E-state index in [1.165, 1.54) is 14.0 Å². The fourth-order valence-electron chi connectivity index (χ4n) is 3.72. The highest BCUT2D eigenvalue weighted by molar-refractivity contribution is 9.10. The van der Waals surface area contributed by atoms with Gasteiger partial charge in [-0.15, -0.1) is 0 Å². The first kappa shape index (κ1) is 24.2. The van der Waals surface area contributed by atoms with Crippen LogP contribution in [0.2, 0.25) is 0 Å². The quantitative estimate of drug-likeness (QED) is 0.327. The van der Waals surface area contributed by atoms with Gasteiger partial charge in [0.25, 0.3) is 0 Å². The third kappa shape index (κ3) is 5.51. The van der Waals surface area contributed by atoms with Gasteiger partial charge in [-0.05, 0) is 49.2 Å². The van der Waals surface area contributed by atoms with E-state index in [-0.39, 0.29) is 26.2 Å². The van der Waals surface area contributed by atoms with Crippen molar-refractivity contribution in [2.75, 3.05) is 13.2 Å². The average Bonchev–Trinajstić information content (AvgIpc) is 3.01. The Morgan fingerprint density at radius 2 is 1.97 bits per heavy atom. The standard InChI is InChI=1S/C23H25BrN4O5/c1-3-33-21(30)13-27-18-8-7-15(2)9-19(18)28(23(27)32)20(22(25)31)12-26(14-29)11-16-5-4-6-17(24)10-16/h4-10,14,20H,3,11-13H2,1-2H3,(H2,25,31). The lowest BCUT2D eigenvalue weighted by Crippen LogP contribution is -2.41. The van der Waals surface area contributed by atoms with Crippen LogP contribution in [-0.2, 0) is 32.2 Å². The van der Waals surface area contributed by atoms with Gasteiger partial charge in [-0.2, -0.15) is 0 Å². The fourth-order valence-corrected chi connectivity index (χ4v) is 4.16. The zero-order valence-corrected chi connectivity index (χ0v) is 19.9. The van der Waals surface area contributed by atoms with Crippen LogP contribution in [0.25, 0.3) is 11.0 Å². The average molecular weight is 517 g/mol. The molecule has 3 rings (SSSR count). The van der Waals surface area contributed by atoms with Crippen LogP contribution in [0.1, 0.15) is 24.1 Å². The molecule has 0 saturated carbocycles. The van der Waals surface area contributed by atoms with Crippen LogP contribution >= 0.6 is 15.9 Å². The number of aromatic nitrogens is 2. The number of nitrogens with two attached hydrogens (primary N) is 1. The van der Waals surface area contributed by atoms with E-state index >= 15 is 0 Å². The monoisotopic (exact) mass is 516 g/mol. The molecule has 0 fully saturated rings. The maximum atomic E-state index is 13.4. The highest BCUT2D eigenvalue weighted by Crippen LogP contribution is 2.21. The number of nitrogens with zero attached hydrogens (tertiary/aromatic N) is 3.